The number of carbonyl (C=O) groups is 2. The molecule has 2 N–H and O–H groups in total. The number of halogens is 1. The topological polar surface area (TPSA) is 58.2 Å². The largest absolute Gasteiger partial charge is 0.326 e. The molecule has 0 aliphatic carbocycles. The molecule has 28 heavy (non-hydrogen) atoms. The summed E-state index contributed by atoms with van der Waals surface area (Å²) in [4.78, 5) is 26.0. The molecule has 3 aromatic rings. The highest BCUT2D eigenvalue weighted by atomic mass is 35.5. The van der Waals surface area contributed by atoms with Crippen LogP contribution in [0.4, 0.5) is 11.4 Å². The number of hydrogen-bond acceptors (Lipinski definition) is 3. The molecule has 0 spiro atoms. The van der Waals surface area contributed by atoms with Crippen molar-refractivity contribution in [2.75, 3.05) is 10.6 Å². The second-order valence-electron chi connectivity index (χ2n) is 6.43. The minimum absolute atomic E-state index is 0.0557. The number of amides is 2. The summed E-state index contributed by atoms with van der Waals surface area (Å²) < 4.78 is 0. The molecule has 2 amide bonds. The molecule has 144 valence electrons. The van der Waals surface area contributed by atoms with E-state index in [9.17, 15) is 9.59 Å². The molecule has 0 unspecified atom stereocenters. The Morgan fingerprint density at radius 1 is 1.04 bits per heavy atom. The van der Waals surface area contributed by atoms with E-state index in [0.29, 0.717) is 28.4 Å². The van der Waals surface area contributed by atoms with Gasteiger partial charge in [-0.3, -0.25) is 9.59 Å². The monoisotopic (exact) mass is 412 g/mol. The van der Waals surface area contributed by atoms with Crippen molar-refractivity contribution >= 4 is 46.1 Å². The fraction of sp³-hybridized carbons (Fsp3) is 0.182. The summed E-state index contributed by atoms with van der Waals surface area (Å²) in [7, 11) is 0. The van der Waals surface area contributed by atoms with E-state index in [1.165, 1.54) is 4.88 Å². The normalized spacial score (nSPS) is 10.5. The Balaban J connectivity index is 1.57. The zero-order valence-corrected chi connectivity index (χ0v) is 17.1. The number of nitrogens with one attached hydrogen (secondary N) is 2. The first kappa shape index (κ1) is 20.1. The van der Waals surface area contributed by atoms with Gasteiger partial charge < -0.3 is 10.6 Å². The van der Waals surface area contributed by atoms with Crippen LogP contribution in [0.2, 0.25) is 5.02 Å². The lowest BCUT2D eigenvalue weighted by atomic mass is 10.1. The van der Waals surface area contributed by atoms with E-state index < -0.39 is 0 Å². The van der Waals surface area contributed by atoms with Gasteiger partial charge in [0.15, 0.2) is 0 Å². The van der Waals surface area contributed by atoms with Crippen LogP contribution >= 0.6 is 22.9 Å². The molecule has 0 radical (unpaired) electrons. The van der Waals surface area contributed by atoms with E-state index in [1.807, 2.05) is 18.4 Å². The molecular weight excluding hydrogens is 392 g/mol. The third-order valence-corrected chi connectivity index (χ3v) is 5.68. The first-order chi connectivity index (χ1) is 13.5. The van der Waals surface area contributed by atoms with Crippen LogP contribution in [0, 0.1) is 6.92 Å². The van der Waals surface area contributed by atoms with Crippen LogP contribution in [0.1, 0.15) is 33.6 Å². The zero-order valence-electron chi connectivity index (χ0n) is 15.5. The van der Waals surface area contributed by atoms with Gasteiger partial charge in [-0.2, -0.15) is 0 Å². The SMILES string of the molecule is Cc1c(Cl)cccc1NC(=O)c1cccc(NC(=O)CCCc2cccs2)c1. The van der Waals surface area contributed by atoms with E-state index in [0.717, 1.165) is 18.4 Å². The molecule has 0 saturated carbocycles. The van der Waals surface area contributed by atoms with E-state index in [4.69, 9.17) is 11.6 Å². The predicted molar refractivity (Wildman–Crippen MR) is 116 cm³/mol. The van der Waals surface area contributed by atoms with Gasteiger partial charge in [-0.25, -0.2) is 0 Å². The molecule has 4 nitrogen and oxygen atoms in total. The number of thiophene rings is 1. The Bertz CT molecular complexity index is 970. The standard InChI is InChI=1S/C22H21ClN2O2S/c1-15-19(23)10-4-11-20(15)25-22(27)16-6-2-7-17(14-16)24-21(26)12-3-8-18-9-5-13-28-18/h2,4-7,9-11,13-14H,3,8,12H2,1H3,(H,24,26)(H,25,27). The van der Waals surface area contributed by atoms with Gasteiger partial charge in [0.2, 0.25) is 5.91 Å². The van der Waals surface area contributed by atoms with Gasteiger partial charge in [-0.05, 0) is 67.1 Å². The minimum atomic E-state index is -0.251. The van der Waals surface area contributed by atoms with Crippen molar-refractivity contribution in [1.29, 1.82) is 0 Å². The van der Waals surface area contributed by atoms with Crippen molar-refractivity contribution in [1.82, 2.24) is 0 Å². The lowest BCUT2D eigenvalue weighted by Gasteiger charge is -2.11. The molecular formula is C22H21ClN2O2S. The summed E-state index contributed by atoms with van der Waals surface area (Å²) in [6.07, 6.45) is 2.13. The molecule has 0 aliphatic rings. The number of carbonyl (C=O) groups excluding carboxylic acids is 2. The van der Waals surface area contributed by atoms with Gasteiger partial charge in [-0.15, -0.1) is 11.3 Å². The van der Waals surface area contributed by atoms with Crippen LogP contribution in [-0.2, 0) is 11.2 Å². The van der Waals surface area contributed by atoms with Crippen molar-refractivity contribution in [3.05, 3.63) is 81.0 Å². The third-order valence-electron chi connectivity index (χ3n) is 4.33. The summed E-state index contributed by atoms with van der Waals surface area (Å²) in [6.45, 7) is 1.85. The number of rotatable bonds is 7. The number of anilines is 2. The maximum absolute atomic E-state index is 12.6. The van der Waals surface area contributed by atoms with Gasteiger partial charge in [0.05, 0.1) is 0 Å². The number of benzene rings is 2. The summed E-state index contributed by atoms with van der Waals surface area (Å²) >= 11 is 7.80. The summed E-state index contributed by atoms with van der Waals surface area (Å²) in [6, 6.07) is 16.4. The van der Waals surface area contributed by atoms with E-state index in [-0.39, 0.29) is 11.8 Å². The fourth-order valence-corrected chi connectivity index (χ4v) is 3.70. The molecule has 2 aromatic carbocycles. The Morgan fingerprint density at radius 3 is 2.64 bits per heavy atom. The molecule has 0 atom stereocenters. The Labute approximate surface area is 173 Å². The highest BCUT2D eigenvalue weighted by Gasteiger charge is 2.11. The Kier molecular flexibility index (Phi) is 6.85. The summed E-state index contributed by atoms with van der Waals surface area (Å²) in [5.74, 6) is -0.307. The second kappa shape index (κ2) is 9.53. The highest BCUT2D eigenvalue weighted by molar-refractivity contribution is 7.09. The van der Waals surface area contributed by atoms with Crippen LogP contribution in [0.15, 0.2) is 60.0 Å². The second-order valence-corrected chi connectivity index (χ2v) is 7.87. The van der Waals surface area contributed by atoms with E-state index >= 15 is 0 Å². The minimum Gasteiger partial charge on any atom is -0.326 e. The van der Waals surface area contributed by atoms with Crippen molar-refractivity contribution in [3.8, 4) is 0 Å². The molecule has 6 heteroatoms. The van der Waals surface area contributed by atoms with Crippen LogP contribution in [0.5, 0.6) is 0 Å². The Hall–Kier alpha value is -2.63. The molecule has 1 aromatic heterocycles. The highest BCUT2D eigenvalue weighted by Crippen LogP contribution is 2.24. The molecule has 0 saturated heterocycles. The van der Waals surface area contributed by atoms with Crippen LogP contribution in [0.25, 0.3) is 0 Å². The van der Waals surface area contributed by atoms with Crippen LogP contribution < -0.4 is 10.6 Å². The van der Waals surface area contributed by atoms with Crippen molar-refractivity contribution in [2.45, 2.75) is 26.2 Å². The van der Waals surface area contributed by atoms with E-state index in [2.05, 4.69) is 16.7 Å². The average molecular weight is 413 g/mol. The lowest BCUT2D eigenvalue weighted by molar-refractivity contribution is -0.116. The first-order valence-corrected chi connectivity index (χ1v) is 10.3. The third kappa shape index (κ3) is 5.44. The molecule has 0 bridgehead atoms. The smallest absolute Gasteiger partial charge is 0.255 e. The zero-order chi connectivity index (χ0) is 19.9. The molecule has 3 rings (SSSR count). The molecule has 1 heterocycles. The van der Waals surface area contributed by atoms with Crippen molar-refractivity contribution in [2.24, 2.45) is 0 Å². The first-order valence-electron chi connectivity index (χ1n) is 9.01. The van der Waals surface area contributed by atoms with Crippen LogP contribution in [0.3, 0.4) is 0 Å². The van der Waals surface area contributed by atoms with Crippen molar-refractivity contribution < 1.29 is 9.59 Å². The van der Waals surface area contributed by atoms with Gasteiger partial charge in [-0.1, -0.05) is 29.8 Å². The summed E-state index contributed by atoms with van der Waals surface area (Å²) in [5, 5.41) is 8.36. The lowest BCUT2D eigenvalue weighted by Crippen LogP contribution is -2.15. The Morgan fingerprint density at radius 2 is 1.86 bits per heavy atom. The quantitative estimate of drug-likeness (QED) is 0.505. The summed E-state index contributed by atoms with van der Waals surface area (Å²) in [5.41, 5.74) is 2.56. The fourth-order valence-electron chi connectivity index (χ4n) is 2.78. The average Bonchev–Trinajstić information content (AvgIpc) is 3.19. The maximum Gasteiger partial charge on any atom is 0.255 e. The van der Waals surface area contributed by atoms with Crippen LogP contribution in [-0.4, -0.2) is 11.8 Å². The molecule has 0 fully saturated rings. The number of hydrogen-bond donors (Lipinski definition) is 2. The van der Waals surface area contributed by atoms with Gasteiger partial charge in [0.1, 0.15) is 0 Å². The van der Waals surface area contributed by atoms with E-state index in [1.54, 1.807) is 53.8 Å². The predicted octanol–water partition coefficient (Wildman–Crippen LogP) is 5.92. The molecule has 0 aliphatic heterocycles. The number of aryl methyl sites for hydroxylation is 1. The van der Waals surface area contributed by atoms with Gasteiger partial charge in [0, 0.05) is 33.3 Å². The maximum atomic E-state index is 12.6. The van der Waals surface area contributed by atoms with Crippen molar-refractivity contribution in [3.63, 3.8) is 0 Å². The van der Waals surface area contributed by atoms with Gasteiger partial charge in [0.25, 0.3) is 5.91 Å². The van der Waals surface area contributed by atoms with Gasteiger partial charge >= 0.3 is 0 Å².